The second-order valence-corrected chi connectivity index (χ2v) is 5.34. The van der Waals surface area contributed by atoms with E-state index in [0.29, 0.717) is 0 Å². The first kappa shape index (κ1) is 11.8. The van der Waals surface area contributed by atoms with Crippen molar-refractivity contribution in [3.05, 3.63) is 11.1 Å². The summed E-state index contributed by atoms with van der Waals surface area (Å²) in [5, 5.41) is 3.11. The summed E-state index contributed by atoms with van der Waals surface area (Å²) in [6.07, 6.45) is 0.540. The van der Waals surface area contributed by atoms with E-state index >= 15 is 0 Å². The van der Waals surface area contributed by atoms with E-state index in [1.165, 1.54) is 0 Å². The zero-order chi connectivity index (χ0) is 11.7. The third-order valence-electron chi connectivity index (χ3n) is 2.67. The summed E-state index contributed by atoms with van der Waals surface area (Å²) in [5.74, 6) is 0. The number of morpholine rings is 1. The molecule has 2 N–H and O–H groups in total. The summed E-state index contributed by atoms with van der Waals surface area (Å²) in [6, 6.07) is 0.0147. The minimum atomic E-state index is 0.0147. The van der Waals surface area contributed by atoms with Gasteiger partial charge in [0.05, 0.1) is 17.9 Å². The van der Waals surface area contributed by atoms with Crippen molar-refractivity contribution in [1.29, 1.82) is 0 Å². The highest BCUT2D eigenvalue weighted by Crippen LogP contribution is 2.26. The van der Waals surface area contributed by atoms with Gasteiger partial charge < -0.3 is 15.4 Å². The molecule has 5 heteroatoms. The van der Waals surface area contributed by atoms with Crippen molar-refractivity contribution in [3.8, 4) is 0 Å². The summed E-state index contributed by atoms with van der Waals surface area (Å²) in [6.45, 7) is 7.99. The molecule has 0 amide bonds. The Kier molecular flexibility index (Phi) is 3.47. The average molecular weight is 241 g/mol. The highest BCUT2D eigenvalue weighted by atomic mass is 32.1. The van der Waals surface area contributed by atoms with Crippen LogP contribution in [0, 0.1) is 0 Å². The van der Waals surface area contributed by atoms with E-state index in [1.54, 1.807) is 11.3 Å². The van der Waals surface area contributed by atoms with Crippen LogP contribution in [0.4, 0.5) is 5.13 Å². The maximum absolute atomic E-state index is 5.81. The highest BCUT2D eigenvalue weighted by Gasteiger charge is 2.24. The smallest absolute Gasteiger partial charge is 0.185 e. The van der Waals surface area contributed by atoms with Gasteiger partial charge in [0.15, 0.2) is 5.13 Å². The highest BCUT2D eigenvalue weighted by molar-refractivity contribution is 7.13. The molecule has 1 aromatic heterocycles. The van der Waals surface area contributed by atoms with Crippen molar-refractivity contribution < 1.29 is 4.74 Å². The molecule has 1 fully saturated rings. The average Bonchev–Trinajstić information content (AvgIpc) is 2.64. The number of anilines is 1. The van der Waals surface area contributed by atoms with Gasteiger partial charge in [0.2, 0.25) is 0 Å². The SMILES string of the molecule is CC1CN(c2nc(C(C)N)cs2)CC(C)O1. The first-order valence-corrected chi connectivity index (χ1v) is 6.55. The third-order valence-corrected chi connectivity index (χ3v) is 3.59. The lowest BCUT2D eigenvalue weighted by Gasteiger charge is -2.35. The van der Waals surface area contributed by atoms with Crippen LogP contribution in [-0.2, 0) is 4.74 Å². The molecule has 0 aliphatic carbocycles. The zero-order valence-corrected chi connectivity index (χ0v) is 10.8. The number of nitrogens with two attached hydrogens (primary N) is 1. The number of hydrogen-bond acceptors (Lipinski definition) is 5. The molecule has 0 spiro atoms. The monoisotopic (exact) mass is 241 g/mol. The Labute approximate surface area is 100 Å². The van der Waals surface area contributed by atoms with Crippen molar-refractivity contribution in [2.75, 3.05) is 18.0 Å². The summed E-state index contributed by atoms with van der Waals surface area (Å²) >= 11 is 1.67. The van der Waals surface area contributed by atoms with E-state index in [2.05, 4.69) is 23.7 Å². The standard InChI is InChI=1S/C11H19N3OS/c1-7-4-14(5-8(2)15-7)11-13-10(6-16-11)9(3)12/h6-9H,4-5,12H2,1-3H3. The number of thiazole rings is 1. The Bertz CT molecular complexity index is 343. The van der Waals surface area contributed by atoms with Crippen molar-refractivity contribution >= 4 is 16.5 Å². The maximum atomic E-state index is 5.81. The van der Waals surface area contributed by atoms with Gasteiger partial charge in [0.1, 0.15) is 0 Å². The van der Waals surface area contributed by atoms with Crippen molar-refractivity contribution in [1.82, 2.24) is 4.98 Å². The molecular formula is C11H19N3OS. The topological polar surface area (TPSA) is 51.4 Å². The normalized spacial score (nSPS) is 28.1. The first-order valence-electron chi connectivity index (χ1n) is 5.67. The summed E-state index contributed by atoms with van der Waals surface area (Å²) < 4.78 is 5.70. The molecular weight excluding hydrogens is 222 g/mol. The van der Waals surface area contributed by atoms with Crippen molar-refractivity contribution in [2.45, 2.75) is 39.0 Å². The number of hydrogen-bond donors (Lipinski definition) is 1. The summed E-state index contributed by atoms with van der Waals surface area (Å²) in [7, 11) is 0. The molecule has 1 saturated heterocycles. The van der Waals surface area contributed by atoms with Gasteiger partial charge in [0, 0.05) is 24.5 Å². The van der Waals surface area contributed by atoms with Crippen LogP contribution >= 0.6 is 11.3 Å². The minimum absolute atomic E-state index is 0.0147. The molecule has 2 heterocycles. The van der Waals surface area contributed by atoms with Crippen LogP contribution in [0.25, 0.3) is 0 Å². The van der Waals surface area contributed by atoms with Gasteiger partial charge in [-0.25, -0.2) is 4.98 Å². The molecule has 0 radical (unpaired) electrons. The van der Waals surface area contributed by atoms with E-state index in [4.69, 9.17) is 10.5 Å². The van der Waals surface area contributed by atoms with E-state index in [9.17, 15) is 0 Å². The zero-order valence-electron chi connectivity index (χ0n) is 10.0. The molecule has 0 saturated carbocycles. The first-order chi connectivity index (χ1) is 7.56. The Balaban J connectivity index is 2.10. The quantitative estimate of drug-likeness (QED) is 0.857. The molecule has 0 aromatic carbocycles. The molecule has 4 nitrogen and oxygen atoms in total. The van der Waals surface area contributed by atoms with Crippen LogP contribution < -0.4 is 10.6 Å². The van der Waals surface area contributed by atoms with Gasteiger partial charge >= 0.3 is 0 Å². The van der Waals surface area contributed by atoms with Crippen LogP contribution in [0.5, 0.6) is 0 Å². The van der Waals surface area contributed by atoms with Gasteiger partial charge in [-0.15, -0.1) is 11.3 Å². The van der Waals surface area contributed by atoms with Gasteiger partial charge in [-0.1, -0.05) is 0 Å². The minimum Gasteiger partial charge on any atom is -0.372 e. The molecule has 3 unspecified atom stereocenters. The van der Waals surface area contributed by atoms with Crippen LogP contribution in [0.15, 0.2) is 5.38 Å². The predicted octanol–water partition coefficient (Wildman–Crippen LogP) is 1.78. The molecule has 90 valence electrons. The van der Waals surface area contributed by atoms with E-state index in [0.717, 1.165) is 23.9 Å². The number of rotatable bonds is 2. The van der Waals surface area contributed by atoms with Crippen LogP contribution in [0.1, 0.15) is 32.5 Å². The van der Waals surface area contributed by atoms with Gasteiger partial charge in [0.25, 0.3) is 0 Å². The fourth-order valence-electron chi connectivity index (χ4n) is 1.96. The summed E-state index contributed by atoms with van der Waals surface area (Å²) in [5.41, 5.74) is 6.79. The van der Waals surface area contributed by atoms with Gasteiger partial charge in [-0.05, 0) is 20.8 Å². The lowest BCUT2D eigenvalue weighted by Crippen LogP contribution is -2.45. The van der Waals surface area contributed by atoms with Gasteiger partial charge in [-0.3, -0.25) is 0 Å². The molecule has 16 heavy (non-hydrogen) atoms. The fourth-order valence-corrected chi connectivity index (χ4v) is 2.91. The lowest BCUT2D eigenvalue weighted by atomic mass is 10.2. The van der Waals surface area contributed by atoms with E-state index in [1.807, 2.05) is 12.3 Å². The van der Waals surface area contributed by atoms with E-state index < -0.39 is 0 Å². The number of nitrogens with zero attached hydrogens (tertiary/aromatic N) is 2. The molecule has 1 aromatic rings. The van der Waals surface area contributed by atoms with Crippen molar-refractivity contribution in [2.24, 2.45) is 5.73 Å². The largest absolute Gasteiger partial charge is 0.372 e. The van der Waals surface area contributed by atoms with Gasteiger partial charge in [-0.2, -0.15) is 0 Å². The fraction of sp³-hybridized carbons (Fsp3) is 0.727. The number of ether oxygens (including phenoxy) is 1. The maximum Gasteiger partial charge on any atom is 0.185 e. The second kappa shape index (κ2) is 4.69. The number of aromatic nitrogens is 1. The Morgan fingerprint density at radius 1 is 1.50 bits per heavy atom. The Hall–Kier alpha value is -0.650. The molecule has 3 atom stereocenters. The van der Waals surface area contributed by atoms with Crippen LogP contribution in [0.2, 0.25) is 0 Å². The van der Waals surface area contributed by atoms with Crippen LogP contribution in [-0.4, -0.2) is 30.3 Å². The second-order valence-electron chi connectivity index (χ2n) is 4.51. The molecule has 0 bridgehead atoms. The van der Waals surface area contributed by atoms with E-state index in [-0.39, 0.29) is 18.2 Å². The van der Waals surface area contributed by atoms with Crippen molar-refractivity contribution in [3.63, 3.8) is 0 Å². The lowest BCUT2D eigenvalue weighted by molar-refractivity contribution is -0.00523. The third kappa shape index (κ3) is 2.53. The Morgan fingerprint density at radius 2 is 2.12 bits per heavy atom. The molecule has 2 rings (SSSR count). The van der Waals surface area contributed by atoms with Crippen LogP contribution in [0.3, 0.4) is 0 Å². The molecule has 1 aliphatic heterocycles. The molecule has 1 aliphatic rings. The Morgan fingerprint density at radius 3 is 2.62 bits per heavy atom. The summed E-state index contributed by atoms with van der Waals surface area (Å²) in [4.78, 5) is 6.85. The predicted molar refractivity (Wildman–Crippen MR) is 66.9 cm³/mol.